The van der Waals surface area contributed by atoms with Crippen LogP contribution in [-0.4, -0.2) is 94.0 Å². The first-order valence-electron chi connectivity index (χ1n) is 18.5. The van der Waals surface area contributed by atoms with Gasteiger partial charge in [-0.3, -0.25) is 19.0 Å². The quantitative estimate of drug-likeness (QED) is 0.356. The van der Waals surface area contributed by atoms with Crippen molar-refractivity contribution in [3.05, 3.63) is 70.4 Å². The summed E-state index contributed by atoms with van der Waals surface area (Å²) in [5, 5.41) is 27.0. The molecule has 3 aromatic rings. The summed E-state index contributed by atoms with van der Waals surface area (Å²) in [6, 6.07) is 11.9. The number of benzene rings is 2. The summed E-state index contributed by atoms with van der Waals surface area (Å²) in [5.74, 6) is -1.52. The molecule has 1 unspecified atom stereocenters. The SMILES string of the molecule is COc1nn(C)cc1C(=O)NS1(=O)=NC(=O)c2ccc3c(c2)N(C[C@@H]2CC[C@H]2[C@@H](OC)[C@H](O)[C@@H](O)C[C@H](C)C1)C[C@@]1(CCCc2cc(C)ccc21)CO3. The van der Waals surface area contributed by atoms with Gasteiger partial charge in [0.2, 0.25) is 5.88 Å². The maximum Gasteiger partial charge on any atom is 0.286 e. The molecule has 1 aromatic heterocycles. The maximum atomic E-state index is 14.6. The number of methoxy groups -OCH3 is 2. The molecule has 8 atom stereocenters. The number of anilines is 1. The summed E-state index contributed by atoms with van der Waals surface area (Å²) in [4.78, 5) is 29.9. The van der Waals surface area contributed by atoms with Crippen molar-refractivity contribution in [1.29, 1.82) is 0 Å². The van der Waals surface area contributed by atoms with E-state index in [0.717, 1.165) is 37.8 Å². The molecule has 3 heterocycles. The number of ether oxygens (including phenoxy) is 3. The van der Waals surface area contributed by atoms with Crippen LogP contribution in [0.4, 0.5) is 5.69 Å². The lowest BCUT2D eigenvalue weighted by atomic mass is 9.67. The Morgan fingerprint density at radius 3 is 2.70 bits per heavy atom. The average Bonchev–Trinajstić information content (AvgIpc) is 3.43. The van der Waals surface area contributed by atoms with Gasteiger partial charge in [0, 0.05) is 44.4 Å². The highest BCUT2D eigenvalue weighted by atomic mass is 32.2. The number of aliphatic hydroxyl groups is 2. The topological polar surface area (TPSA) is 165 Å². The van der Waals surface area contributed by atoms with Crippen molar-refractivity contribution in [3.8, 4) is 11.6 Å². The second-order valence-corrected chi connectivity index (χ2v) is 17.6. The van der Waals surface area contributed by atoms with Crippen molar-refractivity contribution in [2.45, 2.75) is 76.1 Å². The third-order valence-electron chi connectivity index (χ3n) is 11.7. The molecule has 7 rings (SSSR count). The fourth-order valence-electron chi connectivity index (χ4n) is 9.00. The van der Waals surface area contributed by atoms with Gasteiger partial charge >= 0.3 is 0 Å². The number of nitrogens with zero attached hydrogens (tertiary/aromatic N) is 4. The molecule has 2 bridgehead atoms. The number of hydrogen-bond acceptors (Lipinski definition) is 10. The smallest absolute Gasteiger partial charge is 0.286 e. The number of nitrogens with one attached hydrogen (secondary N) is 1. The van der Waals surface area contributed by atoms with Gasteiger partial charge in [-0.1, -0.05) is 30.7 Å². The van der Waals surface area contributed by atoms with Gasteiger partial charge in [0.15, 0.2) is 0 Å². The Morgan fingerprint density at radius 2 is 1.96 bits per heavy atom. The monoisotopic (exact) mass is 749 g/mol. The average molecular weight is 750 g/mol. The number of aryl methyl sites for hydroxylation is 3. The van der Waals surface area contributed by atoms with Crippen molar-refractivity contribution in [2.24, 2.45) is 29.2 Å². The summed E-state index contributed by atoms with van der Waals surface area (Å²) >= 11 is 0. The van der Waals surface area contributed by atoms with Gasteiger partial charge < -0.3 is 29.3 Å². The van der Waals surface area contributed by atoms with Crippen molar-refractivity contribution < 1.29 is 38.2 Å². The van der Waals surface area contributed by atoms with Gasteiger partial charge in [-0.2, -0.15) is 0 Å². The molecule has 0 radical (unpaired) electrons. The zero-order chi connectivity index (χ0) is 37.7. The van der Waals surface area contributed by atoms with E-state index in [4.69, 9.17) is 14.2 Å². The Balaban J connectivity index is 1.32. The minimum atomic E-state index is -3.78. The van der Waals surface area contributed by atoms with E-state index >= 15 is 0 Å². The maximum absolute atomic E-state index is 14.6. The highest BCUT2D eigenvalue weighted by Gasteiger charge is 2.46. The Labute approximate surface area is 311 Å². The van der Waals surface area contributed by atoms with E-state index in [-0.39, 0.29) is 46.4 Å². The van der Waals surface area contributed by atoms with Crippen LogP contribution in [0, 0.1) is 24.7 Å². The van der Waals surface area contributed by atoms with E-state index < -0.39 is 46.0 Å². The minimum Gasteiger partial charge on any atom is -0.490 e. The molecule has 1 fully saturated rings. The molecule has 14 heteroatoms. The lowest BCUT2D eigenvalue weighted by molar-refractivity contribution is -0.127. The normalized spacial score (nSPS) is 31.6. The van der Waals surface area contributed by atoms with Crippen LogP contribution in [0.15, 0.2) is 47.0 Å². The number of amides is 2. The van der Waals surface area contributed by atoms with E-state index in [1.54, 1.807) is 39.3 Å². The van der Waals surface area contributed by atoms with Crippen LogP contribution in [0.2, 0.25) is 0 Å². The van der Waals surface area contributed by atoms with E-state index in [2.05, 4.69) is 44.2 Å². The number of hydrogen-bond donors (Lipinski definition) is 3. The minimum absolute atomic E-state index is 0.0180. The summed E-state index contributed by atoms with van der Waals surface area (Å²) in [5.41, 5.74) is 4.52. The molecular weight excluding hydrogens is 699 g/mol. The van der Waals surface area contributed by atoms with Crippen LogP contribution in [0.25, 0.3) is 0 Å². The molecule has 1 spiro atoms. The number of carbonyl (C=O) groups is 2. The first kappa shape index (κ1) is 37.3. The first-order chi connectivity index (χ1) is 25.3. The van der Waals surface area contributed by atoms with Crippen molar-refractivity contribution in [2.75, 3.05) is 44.6 Å². The lowest BCUT2D eigenvalue weighted by Crippen LogP contribution is -2.53. The molecule has 286 valence electrons. The number of aliphatic hydroxyl groups excluding tert-OH is 2. The molecule has 1 saturated carbocycles. The summed E-state index contributed by atoms with van der Waals surface area (Å²) in [7, 11) is 0.770. The number of aromatic nitrogens is 2. The van der Waals surface area contributed by atoms with Crippen LogP contribution in [0.3, 0.4) is 0 Å². The highest BCUT2D eigenvalue weighted by Crippen LogP contribution is 2.47. The Hall–Kier alpha value is -3.98. The second-order valence-electron chi connectivity index (χ2n) is 15.6. The zero-order valence-corrected chi connectivity index (χ0v) is 31.9. The molecule has 2 aliphatic heterocycles. The Morgan fingerprint density at radius 1 is 1.15 bits per heavy atom. The highest BCUT2D eigenvalue weighted by molar-refractivity contribution is 7.92. The van der Waals surface area contributed by atoms with Crippen LogP contribution in [0.5, 0.6) is 11.6 Å². The van der Waals surface area contributed by atoms with E-state index in [0.29, 0.717) is 25.4 Å². The molecule has 2 aliphatic carbocycles. The third-order valence-corrected chi connectivity index (χ3v) is 13.7. The van der Waals surface area contributed by atoms with E-state index in [9.17, 15) is 24.0 Å². The van der Waals surface area contributed by atoms with Crippen LogP contribution in [0.1, 0.15) is 76.4 Å². The Kier molecular flexibility index (Phi) is 10.3. The second kappa shape index (κ2) is 14.7. The number of fused-ring (bicyclic) bond motifs is 4. The molecule has 4 aliphatic rings. The van der Waals surface area contributed by atoms with Gasteiger partial charge in [0.25, 0.3) is 11.8 Å². The Bertz CT molecular complexity index is 2010. The molecular formula is C39H51N5O8S. The van der Waals surface area contributed by atoms with Crippen LogP contribution < -0.4 is 19.1 Å². The van der Waals surface area contributed by atoms with Crippen molar-refractivity contribution in [1.82, 2.24) is 14.5 Å². The molecule has 53 heavy (non-hydrogen) atoms. The van der Waals surface area contributed by atoms with Gasteiger partial charge in [-0.05, 0) is 92.5 Å². The van der Waals surface area contributed by atoms with E-state index in [1.165, 1.54) is 34.7 Å². The largest absolute Gasteiger partial charge is 0.490 e. The first-order valence-corrected chi connectivity index (χ1v) is 20.2. The summed E-state index contributed by atoms with van der Waals surface area (Å²) < 4.78 is 40.6. The number of carbonyl (C=O) groups excluding carboxylic acids is 2. The van der Waals surface area contributed by atoms with Crippen molar-refractivity contribution >= 4 is 27.4 Å². The molecule has 13 nitrogen and oxygen atoms in total. The van der Waals surface area contributed by atoms with Gasteiger partial charge in [-0.15, -0.1) is 9.46 Å². The molecule has 2 amide bonds. The predicted octanol–water partition coefficient (Wildman–Crippen LogP) is 3.97. The lowest BCUT2D eigenvalue weighted by Gasteiger charge is -2.47. The van der Waals surface area contributed by atoms with Crippen molar-refractivity contribution in [3.63, 3.8) is 0 Å². The molecule has 0 saturated heterocycles. The van der Waals surface area contributed by atoms with Crippen LogP contribution in [-0.2, 0) is 33.5 Å². The molecule has 3 N–H and O–H groups in total. The van der Waals surface area contributed by atoms with Gasteiger partial charge in [0.1, 0.15) is 27.3 Å². The third kappa shape index (κ3) is 7.30. The van der Waals surface area contributed by atoms with Crippen LogP contribution >= 0.6 is 0 Å². The fraction of sp³-hybridized carbons (Fsp3) is 0.564. The zero-order valence-electron chi connectivity index (χ0n) is 31.1. The van der Waals surface area contributed by atoms with Gasteiger partial charge in [0.05, 0.1) is 37.4 Å². The van der Waals surface area contributed by atoms with E-state index in [1.807, 2.05) is 0 Å². The van der Waals surface area contributed by atoms with Gasteiger partial charge in [-0.25, -0.2) is 4.21 Å². The number of rotatable bonds is 4. The predicted molar refractivity (Wildman–Crippen MR) is 200 cm³/mol. The standard InChI is InChI=1S/C39H51N5O8S/c1-23-8-12-30-25(15-23)7-6-14-39(30)21-44-18-27-9-11-28(27)35(50-4)34(46)32(45)16-24(2)20-53(49,42-37(48)29-19-43(3)40-38(29)51-5)41-36(47)26-10-13-33(52-22-39)31(44)17-26/h8,10,12-13,15,17,19,24,27-28,32,34-35,45-46H,6-7,9,11,14,16,18,20-22H2,1-5H3,(H,41,42,47,48,49)/t24-,27-,28+,32-,34+,35+,39-,53?/m0/s1. The summed E-state index contributed by atoms with van der Waals surface area (Å²) in [6.45, 7) is 5.59. The summed E-state index contributed by atoms with van der Waals surface area (Å²) in [6.07, 6.45) is 3.15. The fourth-order valence-corrected chi connectivity index (χ4v) is 10.9. The molecule has 2 aromatic carbocycles.